The van der Waals surface area contributed by atoms with Gasteiger partial charge in [0.1, 0.15) is 29.8 Å². The van der Waals surface area contributed by atoms with Crippen LogP contribution in [0.1, 0.15) is 48.0 Å². The Morgan fingerprint density at radius 3 is 2.71 bits per heavy atom. The fraction of sp³-hybridized carbons (Fsp3) is 0.500. The van der Waals surface area contributed by atoms with E-state index in [0.717, 1.165) is 0 Å². The van der Waals surface area contributed by atoms with Crippen molar-refractivity contribution in [3.8, 4) is 5.75 Å². The summed E-state index contributed by atoms with van der Waals surface area (Å²) in [4.78, 5) is 39.5. The minimum Gasteiger partial charge on any atom is -0.490 e. The number of urea groups is 1. The first-order valence-electron chi connectivity index (χ1n) is 11.7. The molecule has 4 amide bonds. The first-order chi connectivity index (χ1) is 16.8. The molecule has 3 N–H and O–H groups in total. The minimum atomic E-state index is -0.481. The predicted molar refractivity (Wildman–Crippen MR) is 128 cm³/mol. The molecule has 11 heteroatoms. The van der Waals surface area contributed by atoms with Crippen molar-refractivity contribution in [1.29, 1.82) is 0 Å². The van der Waals surface area contributed by atoms with Crippen LogP contribution in [0.15, 0.2) is 22.7 Å². The Morgan fingerprint density at radius 2 is 2.00 bits per heavy atom. The summed E-state index contributed by atoms with van der Waals surface area (Å²) in [5.41, 5.74) is 1.86. The molecule has 1 aromatic heterocycles. The predicted octanol–water partition coefficient (Wildman–Crippen LogP) is 2.84. The number of anilines is 2. The average molecular weight is 486 g/mol. The standard InChI is InChI=1S/C24H31N5O6/c1-5-25-21(30)11-16-7-8-18-20(34-16)12-33-19-9-6-15(10-17(19)23(31)29(18)4)26-24(32)27-22-13(2)28-35-14(22)3/h6,9-10,16,18,20H,5,7-8,11-12H2,1-4H3,(H,25,30)(H2,26,27,32)/t16-,18-,20-/m0/s1. The zero-order chi connectivity index (χ0) is 25.1. The molecule has 1 aromatic carbocycles. The van der Waals surface area contributed by atoms with E-state index in [1.807, 2.05) is 6.92 Å². The Morgan fingerprint density at radius 1 is 1.20 bits per heavy atom. The molecule has 35 heavy (non-hydrogen) atoms. The van der Waals surface area contributed by atoms with Crippen molar-refractivity contribution in [3.05, 3.63) is 35.2 Å². The molecule has 1 fully saturated rings. The highest BCUT2D eigenvalue weighted by Gasteiger charge is 2.39. The van der Waals surface area contributed by atoms with E-state index in [-0.39, 0.29) is 43.1 Å². The summed E-state index contributed by atoms with van der Waals surface area (Å²) in [5.74, 6) is 0.635. The van der Waals surface area contributed by atoms with Crippen LogP contribution in [0, 0.1) is 13.8 Å². The molecule has 188 valence electrons. The molecule has 11 nitrogen and oxygen atoms in total. The highest BCUT2D eigenvalue weighted by Crippen LogP contribution is 2.32. The molecule has 3 heterocycles. The third-order valence-corrected chi connectivity index (χ3v) is 6.33. The van der Waals surface area contributed by atoms with E-state index >= 15 is 0 Å². The molecule has 0 saturated carbocycles. The fourth-order valence-corrected chi connectivity index (χ4v) is 4.52. The highest BCUT2D eigenvalue weighted by atomic mass is 16.5. The summed E-state index contributed by atoms with van der Waals surface area (Å²) in [7, 11) is 1.74. The van der Waals surface area contributed by atoms with Crippen molar-refractivity contribution in [2.45, 2.75) is 58.3 Å². The number of fused-ring (bicyclic) bond motifs is 2. The molecule has 2 aliphatic rings. The number of ether oxygens (including phenoxy) is 2. The molecule has 0 radical (unpaired) electrons. The number of likely N-dealkylation sites (N-methyl/N-ethyl adjacent to an activating group) is 1. The fourth-order valence-electron chi connectivity index (χ4n) is 4.52. The van der Waals surface area contributed by atoms with Gasteiger partial charge in [-0.3, -0.25) is 9.59 Å². The average Bonchev–Trinajstić information content (AvgIpc) is 3.14. The summed E-state index contributed by atoms with van der Waals surface area (Å²) >= 11 is 0. The van der Waals surface area contributed by atoms with Gasteiger partial charge < -0.3 is 34.8 Å². The van der Waals surface area contributed by atoms with E-state index in [4.69, 9.17) is 14.0 Å². The van der Waals surface area contributed by atoms with Gasteiger partial charge in [0.15, 0.2) is 5.76 Å². The van der Waals surface area contributed by atoms with Gasteiger partial charge in [0.25, 0.3) is 5.91 Å². The van der Waals surface area contributed by atoms with Gasteiger partial charge in [-0.25, -0.2) is 4.79 Å². The summed E-state index contributed by atoms with van der Waals surface area (Å²) in [5, 5.41) is 12.1. The van der Waals surface area contributed by atoms with Gasteiger partial charge in [-0.05, 0) is 51.8 Å². The maximum atomic E-state index is 13.3. The van der Waals surface area contributed by atoms with E-state index < -0.39 is 6.03 Å². The largest absolute Gasteiger partial charge is 0.490 e. The van der Waals surface area contributed by atoms with E-state index in [9.17, 15) is 14.4 Å². The first kappa shape index (κ1) is 24.5. The monoisotopic (exact) mass is 485 g/mol. The molecule has 0 bridgehead atoms. The Kier molecular flexibility index (Phi) is 7.25. The Bertz CT molecular complexity index is 1100. The van der Waals surface area contributed by atoms with Gasteiger partial charge in [0.05, 0.1) is 24.1 Å². The minimum absolute atomic E-state index is 0.0455. The van der Waals surface area contributed by atoms with Crippen LogP contribution in [0.5, 0.6) is 5.75 Å². The summed E-state index contributed by atoms with van der Waals surface area (Å²) < 4.78 is 17.2. The van der Waals surface area contributed by atoms with Gasteiger partial charge in [-0.15, -0.1) is 0 Å². The van der Waals surface area contributed by atoms with Crippen molar-refractivity contribution < 1.29 is 28.4 Å². The van der Waals surface area contributed by atoms with Crippen LogP contribution in [-0.2, 0) is 9.53 Å². The molecule has 2 aliphatic heterocycles. The van der Waals surface area contributed by atoms with E-state index in [0.29, 0.717) is 53.5 Å². The van der Waals surface area contributed by atoms with E-state index in [1.165, 1.54) is 0 Å². The summed E-state index contributed by atoms with van der Waals surface area (Å²) in [6.45, 7) is 6.14. The number of aromatic nitrogens is 1. The van der Waals surface area contributed by atoms with Crippen molar-refractivity contribution in [2.75, 3.05) is 30.8 Å². The third-order valence-electron chi connectivity index (χ3n) is 6.33. The first-order valence-corrected chi connectivity index (χ1v) is 11.7. The van der Waals surface area contributed by atoms with Crippen molar-refractivity contribution in [1.82, 2.24) is 15.4 Å². The molecule has 0 spiro atoms. The molecule has 3 atom stereocenters. The van der Waals surface area contributed by atoms with Crippen molar-refractivity contribution in [3.63, 3.8) is 0 Å². The number of aryl methyl sites for hydroxylation is 2. The van der Waals surface area contributed by atoms with Gasteiger partial charge in [0, 0.05) is 19.3 Å². The van der Waals surface area contributed by atoms with Crippen LogP contribution in [0.25, 0.3) is 0 Å². The number of carbonyl (C=O) groups is 3. The molecule has 4 rings (SSSR count). The quantitative estimate of drug-likeness (QED) is 0.593. The van der Waals surface area contributed by atoms with E-state index in [1.54, 1.807) is 44.0 Å². The summed E-state index contributed by atoms with van der Waals surface area (Å²) in [6, 6.07) is 4.26. The van der Waals surface area contributed by atoms with Crippen LogP contribution in [-0.4, -0.2) is 66.4 Å². The number of amides is 4. The van der Waals surface area contributed by atoms with Crippen molar-refractivity contribution >= 4 is 29.2 Å². The zero-order valence-electron chi connectivity index (χ0n) is 20.3. The van der Waals surface area contributed by atoms with Crippen LogP contribution in [0.3, 0.4) is 0 Å². The lowest BCUT2D eigenvalue weighted by molar-refractivity contribution is -0.133. The second-order valence-electron chi connectivity index (χ2n) is 8.82. The third kappa shape index (κ3) is 5.40. The maximum Gasteiger partial charge on any atom is 0.323 e. The van der Waals surface area contributed by atoms with Crippen LogP contribution in [0.2, 0.25) is 0 Å². The number of hydrogen-bond donors (Lipinski definition) is 3. The molecule has 0 aliphatic carbocycles. The topological polar surface area (TPSA) is 135 Å². The Hall–Kier alpha value is -3.60. The SMILES string of the molecule is CCNC(=O)C[C@@H]1CC[C@H]2[C@H](COc3ccc(NC(=O)Nc4c(C)noc4C)cc3C(=O)N2C)O1. The second-order valence-corrected chi connectivity index (χ2v) is 8.82. The van der Waals surface area contributed by atoms with Crippen LogP contribution < -0.4 is 20.7 Å². The Balaban J connectivity index is 1.46. The number of nitrogens with zero attached hydrogens (tertiary/aromatic N) is 2. The highest BCUT2D eigenvalue weighted by molar-refractivity contribution is 6.03. The number of benzene rings is 1. The normalized spacial score (nSPS) is 21.7. The number of rotatable bonds is 5. The van der Waals surface area contributed by atoms with Gasteiger partial charge >= 0.3 is 6.03 Å². The van der Waals surface area contributed by atoms with Gasteiger partial charge in [-0.2, -0.15) is 0 Å². The molecular weight excluding hydrogens is 454 g/mol. The second kappa shape index (κ2) is 10.3. The van der Waals surface area contributed by atoms with Gasteiger partial charge in [-0.1, -0.05) is 5.16 Å². The zero-order valence-corrected chi connectivity index (χ0v) is 20.3. The lowest BCUT2D eigenvalue weighted by Gasteiger charge is -2.42. The van der Waals surface area contributed by atoms with Crippen LogP contribution >= 0.6 is 0 Å². The maximum absolute atomic E-state index is 13.3. The lowest BCUT2D eigenvalue weighted by atomic mass is 9.94. The molecular formula is C24H31N5O6. The van der Waals surface area contributed by atoms with Gasteiger partial charge in [0.2, 0.25) is 5.91 Å². The summed E-state index contributed by atoms with van der Waals surface area (Å²) in [6.07, 6.45) is 1.11. The molecule has 2 aromatic rings. The van der Waals surface area contributed by atoms with Crippen LogP contribution in [0.4, 0.5) is 16.2 Å². The number of nitrogens with one attached hydrogen (secondary N) is 3. The smallest absolute Gasteiger partial charge is 0.323 e. The molecule has 1 saturated heterocycles. The number of carbonyl (C=O) groups excluding carboxylic acids is 3. The van der Waals surface area contributed by atoms with E-state index in [2.05, 4.69) is 21.1 Å². The lowest BCUT2D eigenvalue weighted by Crippen LogP contribution is -2.54. The molecule has 0 unspecified atom stereocenters. The van der Waals surface area contributed by atoms with Crippen molar-refractivity contribution in [2.24, 2.45) is 0 Å². The Labute approximate surface area is 203 Å². The number of hydrogen-bond acceptors (Lipinski definition) is 7.